The quantitative estimate of drug-likeness (QED) is 0.390. The molecule has 7 aliphatic rings. The van der Waals surface area contributed by atoms with Gasteiger partial charge in [0.1, 0.15) is 23.7 Å². The second kappa shape index (κ2) is 9.99. The van der Waals surface area contributed by atoms with Crippen LogP contribution in [0.5, 0.6) is 11.5 Å². The van der Waals surface area contributed by atoms with Gasteiger partial charge < -0.3 is 35.0 Å². The first-order valence-corrected chi connectivity index (χ1v) is 16.1. The molecule has 4 bridgehead atoms. The molecule has 1 spiro atoms. The molecule has 0 amide bonds. The number of allylic oxidation sites excluding steroid dienone is 1. The Morgan fingerprint density at radius 2 is 1.52 bits per heavy atom. The number of piperidine rings is 2. The number of aliphatic hydroxyl groups is 3. The van der Waals surface area contributed by atoms with E-state index in [1.807, 2.05) is 18.2 Å². The van der Waals surface area contributed by atoms with Crippen LogP contribution >= 0.6 is 0 Å². The highest BCUT2D eigenvalue weighted by atomic mass is 16.5. The number of ketones is 1. The highest BCUT2D eigenvalue weighted by Gasteiger charge is 2.64. The van der Waals surface area contributed by atoms with Gasteiger partial charge >= 0.3 is 0 Å². The lowest BCUT2D eigenvalue weighted by Crippen LogP contribution is -2.64. The highest BCUT2D eigenvalue weighted by molar-refractivity contribution is 5.92. The maximum atomic E-state index is 12.1. The molecule has 2 aromatic carbocycles. The predicted molar refractivity (Wildman–Crippen MR) is 165 cm³/mol. The lowest BCUT2D eigenvalue weighted by molar-refractivity contribution is -0.118. The lowest BCUT2D eigenvalue weighted by atomic mass is 9.53. The van der Waals surface area contributed by atoms with Crippen LogP contribution in [0.4, 0.5) is 0 Å². The SMILES string of the molecule is CN1CC[C@]23CC(=O)C=C[C@H]2[C@H]1Cc1ccc(CO)c(O)c13.CN1CC[C@]23c4c5ccc(CO)c4O[C@H]2[C@@H](O)C=C[C@H]3[C@H]1C5. The average Bonchev–Trinajstić information content (AvgIpc) is 3.38. The summed E-state index contributed by atoms with van der Waals surface area (Å²) in [5, 5.41) is 40.4. The molecule has 8 heteroatoms. The smallest absolute Gasteiger partial charge is 0.156 e. The number of fused-ring (bicyclic) bond motifs is 1. The van der Waals surface area contributed by atoms with Crippen molar-refractivity contribution >= 4 is 5.78 Å². The molecular formula is C36H42N2O6. The Bertz CT molecular complexity index is 1600. The fourth-order valence-electron chi connectivity index (χ4n) is 10.3. The van der Waals surface area contributed by atoms with Crippen molar-refractivity contribution in [2.24, 2.45) is 11.8 Å². The molecule has 8 nitrogen and oxygen atoms in total. The zero-order valence-corrected chi connectivity index (χ0v) is 25.4. The second-order valence-electron chi connectivity index (χ2n) is 14.2. The summed E-state index contributed by atoms with van der Waals surface area (Å²) in [4.78, 5) is 17.0. The Morgan fingerprint density at radius 3 is 2.25 bits per heavy atom. The molecule has 9 rings (SSSR count). The minimum absolute atomic E-state index is 0.0110. The topological polar surface area (TPSA) is 114 Å². The molecule has 8 atom stereocenters. The standard InChI is InChI=1S/2C18H21NO3/c1-19-7-6-18-12-4-5-14(21)17(18)22-16-11(9-20)3-2-10(15(16)18)8-13(12)19;1-19-7-6-18-9-13(21)4-5-14(18)15(19)8-11-2-3-12(10-20)17(22)16(11)18/h2-5,12-14,17,20-21H,6-9H2,1H3;2-5,14-15,20,22H,6-10H2,1H3/t12-,13+,14-,17-,18-;14-,15+,18-/m00/s1. The number of hydrogen-bond donors (Lipinski definition) is 4. The van der Waals surface area contributed by atoms with Crippen LogP contribution in [-0.2, 0) is 41.7 Å². The van der Waals surface area contributed by atoms with E-state index in [1.54, 1.807) is 12.1 Å². The molecule has 232 valence electrons. The number of aromatic hydroxyl groups is 1. The Hall–Kier alpha value is -3.01. The molecule has 0 radical (unpaired) electrons. The normalized spacial score (nSPS) is 37.3. The first kappa shape index (κ1) is 28.5. The first-order valence-electron chi connectivity index (χ1n) is 16.1. The van der Waals surface area contributed by atoms with Crippen LogP contribution < -0.4 is 4.74 Å². The molecular weight excluding hydrogens is 556 g/mol. The number of rotatable bonds is 2. The third-order valence-corrected chi connectivity index (χ3v) is 12.4. The average molecular weight is 599 g/mol. The maximum Gasteiger partial charge on any atom is 0.156 e. The van der Waals surface area contributed by atoms with E-state index in [1.165, 1.54) is 11.1 Å². The number of likely N-dealkylation sites (N-methyl/N-ethyl adjacent to an activating group) is 2. The molecule has 4 N–H and O–H groups in total. The van der Waals surface area contributed by atoms with E-state index in [4.69, 9.17) is 4.74 Å². The van der Waals surface area contributed by atoms with Crippen molar-refractivity contribution in [3.05, 3.63) is 82.0 Å². The molecule has 44 heavy (non-hydrogen) atoms. The molecule has 0 aromatic heterocycles. The molecule has 2 saturated heterocycles. The van der Waals surface area contributed by atoms with Gasteiger partial charge in [-0.05, 0) is 70.1 Å². The molecule has 4 aliphatic carbocycles. The number of benzene rings is 2. The van der Waals surface area contributed by atoms with Gasteiger partial charge in [-0.1, -0.05) is 42.5 Å². The van der Waals surface area contributed by atoms with Crippen LogP contribution in [0.2, 0.25) is 0 Å². The summed E-state index contributed by atoms with van der Waals surface area (Å²) in [6, 6.07) is 8.82. The van der Waals surface area contributed by atoms with Gasteiger partial charge in [-0.25, -0.2) is 0 Å². The van der Waals surface area contributed by atoms with Gasteiger partial charge in [0.15, 0.2) is 5.78 Å². The zero-order chi connectivity index (χ0) is 30.5. The van der Waals surface area contributed by atoms with Crippen molar-refractivity contribution in [2.75, 3.05) is 27.2 Å². The van der Waals surface area contributed by atoms with Gasteiger partial charge in [0, 0.05) is 63.4 Å². The number of nitrogens with zero attached hydrogens (tertiary/aromatic N) is 2. The molecule has 3 heterocycles. The highest BCUT2D eigenvalue weighted by Crippen LogP contribution is 2.61. The number of ether oxygens (including phenoxy) is 1. The number of carbonyl (C=O) groups is 1. The van der Waals surface area contributed by atoms with E-state index in [2.05, 4.69) is 42.1 Å². The van der Waals surface area contributed by atoms with E-state index in [9.17, 15) is 25.2 Å². The first-order chi connectivity index (χ1) is 21.2. The Balaban J connectivity index is 0.000000131. The van der Waals surface area contributed by atoms with E-state index >= 15 is 0 Å². The van der Waals surface area contributed by atoms with Crippen molar-refractivity contribution in [1.82, 2.24) is 9.80 Å². The zero-order valence-electron chi connectivity index (χ0n) is 25.4. The number of hydrogen-bond acceptors (Lipinski definition) is 8. The summed E-state index contributed by atoms with van der Waals surface area (Å²) in [5.74, 6) is 1.84. The van der Waals surface area contributed by atoms with Crippen LogP contribution in [0, 0.1) is 11.8 Å². The van der Waals surface area contributed by atoms with Crippen LogP contribution in [0.25, 0.3) is 0 Å². The van der Waals surface area contributed by atoms with Crippen molar-refractivity contribution in [2.45, 2.75) is 80.4 Å². The van der Waals surface area contributed by atoms with Gasteiger partial charge in [0.25, 0.3) is 0 Å². The minimum atomic E-state index is -0.565. The summed E-state index contributed by atoms with van der Waals surface area (Å²) in [6.45, 7) is 1.78. The molecule has 0 unspecified atom stereocenters. The summed E-state index contributed by atoms with van der Waals surface area (Å²) >= 11 is 0. The van der Waals surface area contributed by atoms with Crippen molar-refractivity contribution in [1.29, 1.82) is 0 Å². The Kier molecular flexibility index (Phi) is 6.47. The van der Waals surface area contributed by atoms with Gasteiger partial charge in [0.05, 0.1) is 13.2 Å². The summed E-state index contributed by atoms with van der Waals surface area (Å²) in [5.41, 5.74) is 5.67. The van der Waals surface area contributed by atoms with Crippen molar-refractivity contribution in [3.8, 4) is 11.5 Å². The molecule has 2 fully saturated rings. The predicted octanol–water partition coefficient (Wildman–Crippen LogP) is 2.51. The lowest BCUT2D eigenvalue weighted by Gasteiger charge is -2.56. The molecule has 0 saturated carbocycles. The fourth-order valence-corrected chi connectivity index (χ4v) is 10.3. The fraction of sp³-hybridized carbons (Fsp3) is 0.528. The third-order valence-electron chi connectivity index (χ3n) is 12.4. The van der Waals surface area contributed by atoms with E-state index in [0.717, 1.165) is 61.2 Å². The van der Waals surface area contributed by atoms with Gasteiger partial charge in [-0.2, -0.15) is 0 Å². The van der Waals surface area contributed by atoms with Crippen molar-refractivity contribution in [3.63, 3.8) is 0 Å². The van der Waals surface area contributed by atoms with Crippen LogP contribution in [0.1, 0.15) is 52.6 Å². The van der Waals surface area contributed by atoms with Gasteiger partial charge in [-0.3, -0.25) is 4.79 Å². The van der Waals surface area contributed by atoms with Gasteiger partial charge in [0.2, 0.25) is 0 Å². The maximum absolute atomic E-state index is 12.1. The number of likely N-dealkylation sites (tertiary alicyclic amines) is 2. The largest absolute Gasteiger partial charge is 0.507 e. The van der Waals surface area contributed by atoms with Crippen LogP contribution in [0.3, 0.4) is 0 Å². The Labute approximate surface area is 258 Å². The second-order valence-corrected chi connectivity index (χ2v) is 14.2. The summed E-state index contributed by atoms with van der Waals surface area (Å²) in [6.07, 6.45) is 11.4. The Morgan fingerprint density at radius 1 is 0.864 bits per heavy atom. The van der Waals surface area contributed by atoms with Gasteiger partial charge in [-0.15, -0.1) is 0 Å². The van der Waals surface area contributed by atoms with Crippen LogP contribution in [-0.4, -0.2) is 87.5 Å². The monoisotopic (exact) mass is 598 g/mol. The van der Waals surface area contributed by atoms with Crippen molar-refractivity contribution < 1.29 is 30.0 Å². The minimum Gasteiger partial charge on any atom is -0.507 e. The number of aliphatic hydroxyl groups excluding tert-OH is 3. The van der Waals surface area contributed by atoms with E-state index in [-0.39, 0.29) is 47.6 Å². The van der Waals surface area contributed by atoms with Crippen LogP contribution in [0.15, 0.2) is 48.6 Å². The third kappa shape index (κ3) is 3.66. The number of phenols is 1. The molecule has 3 aliphatic heterocycles. The summed E-state index contributed by atoms with van der Waals surface area (Å²) in [7, 11) is 4.35. The van der Waals surface area contributed by atoms with E-state index in [0.29, 0.717) is 30.0 Å². The molecule has 2 aromatic rings. The van der Waals surface area contributed by atoms with E-state index < -0.39 is 6.10 Å². The summed E-state index contributed by atoms with van der Waals surface area (Å²) < 4.78 is 6.27. The number of carbonyl (C=O) groups excluding carboxylic acids is 1.